The van der Waals surface area contributed by atoms with Gasteiger partial charge in [0.15, 0.2) is 0 Å². The van der Waals surface area contributed by atoms with Gasteiger partial charge in [0.2, 0.25) is 5.91 Å². The molecule has 6 nitrogen and oxygen atoms in total. The minimum absolute atomic E-state index is 0.0271. The predicted molar refractivity (Wildman–Crippen MR) is 259 cm³/mol. The monoisotopic (exact) mass is 836 g/mol. The molecule has 1 amide bonds. The van der Waals surface area contributed by atoms with Gasteiger partial charge in [0.1, 0.15) is 6.10 Å². The fraction of sp³-hybridized carbons (Fsp3) is 0.704. The van der Waals surface area contributed by atoms with Crippen LogP contribution in [0.15, 0.2) is 85.1 Å². The smallest absolute Gasteiger partial charge is 0.306 e. The van der Waals surface area contributed by atoms with E-state index in [-0.39, 0.29) is 24.9 Å². The van der Waals surface area contributed by atoms with Gasteiger partial charge in [0.25, 0.3) is 0 Å². The number of unbranched alkanes of at least 4 members (excludes halogenated alkanes) is 19. The van der Waals surface area contributed by atoms with Crippen LogP contribution in [0.2, 0.25) is 0 Å². The SMILES string of the molecule is CC/C=C/C/C=C/C/C=C/C/C=C/CCCC(CC(=O)NC(CO)C(O)CCCCCCCCCCC)OC(=O)CCCCCCC/C=C/C=C/C=C/CCCCCCC. The summed E-state index contributed by atoms with van der Waals surface area (Å²) in [5, 5.41) is 23.6. The number of rotatable bonds is 43. The van der Waals surface area contributed by atoms with Gasteiger partial charge in [0, 0.05) is 6.42 Å². The summed E-state index contributed by atoms with van der Waals surface area (Å²) in [5.74, 6) is -0.559. The van der Waals surface area contributed by atoms with Crippen molar-refractivity contribution in [3.05, 3.63) is 85.1 Å². The van der Waals surface area contributed by atoms with Crippen LogP contribution in [0.5, 0.6) is 0 Å². The molecule has 0 saturated heterocycles. The lowest BCUT2D eigenvalue weighted by Crippen LogP contribution is -2.46. The Morgan fingerprint density at radius 3 is 1.52 bits per heavy atom. The van der Waals surface area contributed by atoms with Crippen molar-refractivity contribution >= 4 is 11.9 Å². The van der Waals surface area contributed by atoms with Gasteiger partial charge in [-0.2, -0.15) is 0 Å². The number of carbonyl (C=O) groups excluding carboxylic acids is 2. The lowest BCUT2D eigenvalue weighted by Gasteiger charge is -2.24. The van der Waals surface area contributed by atoms with Crippen molar-refractivity contribution < 1.29 is 24.5 Å². The molecule has 0 aromatic heterocycles. The van der Waals surface area contributed by atoms with E-state index in [1.807, 2.05) is 0 Å². The van der Waals surface area contributed by atoms with Crippen LogP contribution >= 0.6 is 0 Å². The first kappa shape index (κ1) is 57.0. The summed E-state index contributed by atoms with van der Waals surface area (Å²) >= 11 is 0. The van der Waals surface area contributed by atoms with E-state index in [2.05, 4.69) is 111 Å². The molecule has 0 heterocycles. The first-order valence-corrected chi connectivity index (χ1v) is 24.8. The van der Waals surface area contributed by atoms with Gasteiger partial charge in [-0.25, -0.2) is 0 Å². The van der Waals surface area contributed by atoms with Gasteiger partial charge in [-0.3, -0.25) is 9.59 Å². The zero-order chi connectivity index (χ0) is 43.8. The third-order valence-electron chi connectivity index (χ3n) is 10.8. The molecule has 0 rings (SSSR count). The largest absolute Gasteiger partial charge is 0.462 e. The summed E-state index contributed by atoms with van der Waals surface area (Å²) in [7, 11) is 0. The fourth-order valence-corrected chi connectivity index (χ4v) is 7.02. The summed E-state index contributed by atoms with van der Waals surface area (Å²) in [5.41, 5.74) is 0. The molecular weight excluding hydrogens is 743 g/mol. The number of hydrogen-bond donors (Lipinski definition) is 3. The molecule has 0 fully saturated rings. The van der Waals surface area contributed by atoms with Crippen molar-refractivity contribution in [2.24, 2.45) is 0 Å². The van der Waals surface area contributed by atoms with Gasteiger partial charge < -0.3 is 20.3 Å². The summed E-state index contributed by atoms with van der Waals surface area (Å²) in [4.78, 5) is 26.1. The quantitative estimate of drug-likeness (QED) is 0.0246. The van der Waals surface area contributed by atoms with Crippen molar-refractivity contribution in [3.8, 4) is 0 Å². The highest BCUT2D eigenvalue weighted by Crippen LogP contribution is 2.16. The highest BCUT2D eigenvalue weighted by molar-refractivity contribution is 5.77. The Balaban J connectivity index is 4.71. The Kier molecular flexibility index (Phi) is 44.8. The molecule has 0 aromatic rings. The number of nitrogens with one attached hydrogen (secondary N) is 1. The Morgan fingerprint density at radius 1 is 0.517 bits per heavy atom. The van der Waals surface area contributed by atoms with E-state index < -0.39 is 18.2 Å². The molecule has 0 aliphatic carbocycles. The van der Waals surface area contributed by atoms with Crippen LogP contribution < -0.4 is 5.32 Å². The third-order valence-corrected chi connectivity index (χ3v) is 10.8. The Labute approximate surface area is 370 Å². The lowest BCUT2D eigenvalue weighted by atomic mass is 10.0. The normalized spacial score (nSPS) is 14.0. The van der Waals surface area contributed by atoms with E-state index in [1.165, 1.54) is 70.6 Å². The average Bonchev–Trinajstić information content (AvgIpc) is 3.24. The number of esters is 1. The van der Waals surface area contributed by atoms with Crippen LogP contribution in [0.1, 0.15) is 220 Å². The first-order valence-electron chi connectivity index (χ1n) is 24.8. The van der Waals surface area contributed by atoms with Crippen LogP contribution in [-0.2, 0) is 14.3 Å². The van der Waals surface area contributed by atoms with Crippen LogP contribution in [0.4, 0.5) is 0 Å². The van der Waals surface area contributed by atoms with Crippen molar-refractivity contribution in [3.63, 3.8) is 0 Å². The summed E-state index contributed by atoms with van der Waals surface area (Å²) in [6, 6.07) is -0.726. The molecule has 0 aromatic carbocycles. The number of allylic oxidation sites excluding steroid dienone is 14. The molecule has 0 radical (unpaired) electrons. The Hall–Kier alpha value is -2.96. The minimum Gasteiger partial charge on any atom is -0.462 e. The maximum Gasteiger partial charge on any atom is 0.306 e. The number of hydrogen-bond acceptors (Lipinski definition) is 5. The van der Waals surface area contributed by atoms with E-state index in [9.17, 15) is 19.8 Å². The van der Waals surface area contributed by atoms with E-state index in [4.69, 9.17) is 4.74 Å². The van der Waals surface area contributed by atoms with Crippen LogP contribution in [0, 0.1) is 0 Å². The minimum atomic E-state index is -0.808. The van der Waals surface area contributed by atoms with Crippen molar-refractivity contribution in [1.82, 2.24) is 5.32 Å². The molecular formula is C54H93NO5. The number of aliphatic hydroxyl groups is 2. The van der Waals surface area contributed by atoms with E-state index in [0.29, 0.717) is 19.3 Å². The molecule has 0 aliphatic rings. The van der Waals surface area contributed by atoms with Crippen LogP contribution in [0.25, 0.3) is 0 Å². The maximum atomic E-state index is 13.1. The van der Waals surface area contributed by atoms with Gasteiger partial charge in [-0.05, 0) is 83.5 Å². The van der Waals surface area contributed by atoms with Crippen LogP contribution in [-0.4, -0.2) is 46.9 Å². The summed E-state index contributed by atoms with van der Waals surface area (Å²) < 4.78 is 5.89. The zero-order valence-corrected chi connectivity index (χ0v) is 39.1. The van der Waals surface area contributed by atoms with E-state index >= 15 is 0 Å². The highest BCUT2D eigenvalue weighted by Gasteiger charge is 2.24. The molecule has 0 bridgehead atoms. The molecule has 344 valence electrons. The standard InChI is InChI=1S/C54H93NO5/c1-4-7-10-13-16-19-21-23-25-26-27-28-30-32-35-38-41-44-47-54(59)60-50(45-42-39-36-34-31-29-24-22-20-17-14-11-8-5-2)48-53(58)55-51(49-56)52(57)46-43-40-37-33-18-15-12-9-6-3/h8,11,17,20-21,23-29,34,36,50-52,56-57H,4-7,9-10,12-16,18-19,22,30-33,35,37-49H2,1-3H3,(H,55,58)/b11-8+,20-17+,23-21+,26-25+,28-27+,29-24+,36-34+. The van der Waals surface area contributed by atoms with Crippen molar-refractivity contribution in [2.45, 2.75) is 238 Å². The molecule has 0 spiro atoms. The Bertz CT molecular complexity index is 1160. The van der Waals surface area contributed by atoms with E-state index in [1.54, 1.807) is 0 Å². The first-order chi connectivity index (χ1) is 29.5. The average molecular weight is 836 g/mol. The second-order valence-corrected chi connectivity index (χ2v) is 16.5. The molecule has 3 atom stereocenters. The number of carbonyl (C=O) groups is 2. The topological polar surface area (TPSA) is 95.9 Å². The van der Waals surface area contributed by atoms with Gasteiger partial charge in [-0.1, -0.05) is 209 Å². The maximum absolute atomic E-state index is 13.1. The summed E-state index contributed by atoms with van der Waals surface area (Å²) in [6.07, 6.45) is 60.8. The molecule has 3 N–H and O–H groups in total. The molecule has 3 unspecified atom stereocenters. The van der Waals surface area contributed by atoms with Crippen molar-refractivity contribution in [2.75, 3.05) is 6.61 Å². The number of amides is 1. The third kappa shape index (κ3) is 41.8. The second kappa shape index (κ2) is 47.1. The van der Waals surface area contributed by atoms with Gasteiger partial charge >= 0.3 is 5.97 Å². The summed E-state index contributed by atoms with van der Waals surface area (Å²) in [6.45, 7) is 6.30. The Morgan fingerprint density at radius 2 is 0.983 bits per heavy atom. The van der Waals surface area contributed by atoms with Gasteiger partial charge in [0.05, 0.1) is 25.2 Å². The number of aliphatic hydroxyl groups excluding tert-OH is 2. The molecule has 6 heteroatoms. The van der Waals surface area contributed by atoms with Crippen molar-refractivity contribution in [1.29, 1.82) is 0 Å². The van der Waals surface area contributed by atoms with Gasteiger partial charge in [-0.15, -0.1) is 0 Å². The molecule has 60 heavy (non-hydrogen) atoms. The molecule has 0 saturated carbocycles. The fourth-order valence-electron chi connectivity index (χ4n) is 7.02. The lowest BCUT2D eigenvalue weighted by molar-refractivity contribution is -0.151. The highest BCUT2D eigenvalue weighted by atomic mass is 16.5. The second-order valence-electron chi connectivity index (χ2n) is 16.5. The number of ether oxygens (including phenoxy) is 1. The zero-order valence-electron chi connectivity index (χ0n) is 39.1. The predicted octanol–water partition coefficient (Wildman–Crippen LogP) is 14.8. The van der Waals surface area contributed by atoms with E-state index in [0.717, 1.165) is 103 Å². The van der Waals surface area contributed by atoms with Crippen LogP contribution in [0.3, 0.4) is 0 Å². The molecule has 0 aliphatic heterocycles.